The van der Waals surface area contributed by atoms with Crippen LogP contribution >= 0.6 is 0 Å². The van der Waals surface area contributed by atoms with Gasteiger partial charge < -0.3 is 10.2 Å². The van der Waals surface area contributed by atoms with Crippen molar-refractivity contribution < 1.29 is 10.2 Å². The largest absolute Gasteiger partial charge is 0.379 e. The number of aliphatic hydroxyl groups is 2. The van der Waals surface area contributed by atoms with E-state index >= 15 is 0 Å². The summed E-state index contributed by atoms with van der Waals surface area (Å²) in [6.45, 7) is 9.92. The van der Waals surface area contributed by atoms with E-state index in [9.17, 15) is 10.2 Å². The van der Waals surface area contributed by atoms with Gasteiger partial charge in [-0.05, 0) is 61.3 Å². The lowest BCUT2D eigenvalue weighted by Gasteiger charge is -2.51. The smallest absolute Gasteiger partial charge is 0.107 e. The Balaban J connectivity index is 5.94. The molecule has 0 fully saturated rings. The van der Waals surface area contributed by atoms with Crippen LogP contribution < -0.4 is 0 Å². The number of rotatable bonds is 11. The van der Waals surface area contributed by atoms with Crippen LogP contribution in [0.3, 0.4) is 0 Å². The van der Waals surface area contributed by atoms with Gasteiger partial charge in [0.2, 0.25) is 0 Å². The molecule has 0 aromatic rings. The quantitative estimate of drug-likeness (QED) is 0.561. The van der Waals surface area contributed by atoms with Crippen LogP contribution in [0.1, 0.15) is 53.9 Å². The maximum atomic E-state index is 10.2. The predicted molar refractivity (Wildman–Crippen MR) is 96.7 cm³/mol. The van der Waals surface area contributed by atoms with Crippen molar-refractivity contribution in [2.75, 3.05) is 28.2 Å². The van der Waals surface area contributed by atoms with Crippen LogP contribution in [-0.4, -0.2) is 89.0 Å². The van der Waals surface area contributed by atoms with Crippen LogP contribution in [0, 0.1) is 0 Å². The Morgan fingerprint density at radius 3 is 1.09 bits per heavy atom. The monoisotopic (exact) mass is 332 g/mol. The number of aliphatic hydroxyl groups excluding tert-OH is 2. The lowest BCUT2D eigenvalue weighted by atomic mass is 10.1. The number of hydrogen-bond acceptors (Lipinski definition) is 6. The zero-order chi connectivity index (χ0) is 18.3. The van der Waals surface area contributed by atoms with Gasteiger partial charge in [0.05, 0.1) is 18.5 Å². The first-order valence-corrected chi connectivity index (χ1v) is 8.87. The van der Waals surface area contributed by atoms with Crippen molar-refractivity contribution in [1.82, 2.24) is 19.6 Å². The molecule has 0 aliphatic rings. The molecule has 2 N–H and O–H groups in total. The third-order valence-electron chi connectivity index (χ3n) is 4.53. The van der Waals surface area contributed by atoms with Crippen molar-refractivity contribution in [2.45, 2.75) is 84.8 Å². The minimum absolute atomic E-state index is 0.0466. The molecule has 0 heterocycles. The van der Waals surface area contributed by atoms with Gasteiger partial charge in [-0.3, -0.25) is 14.7 Å². The molecule has 0 aliphatic carbocycles. The summed E-state index contributed by atoms with van der Waals surface area (Å²) in [4.78, 5) is 8.66. The fourth-order valence-corrected chi connectivity index (χ4v) is 3.67. The molecule has 0 saturated heterocycles. The Morgan fingerprint density at radius 2 is 0.913 bits per heavy atom. The van der Waals surface area contributed by atoms with Crippen molar-refractivity contribution in [3.8, 4) is 0 Å². The van der Waals surface area contributed by atoms with E-state index in [0.29, 0.717) is 0 Å². The lowest BCUT2D eigenvalue weighted by Crippen LogP contribution is -2.65. The number of hydrogen-bond donors (Lipinski definition) is 2. The molecule has 0 saturated carbocycles. The van der Waals surface area contributed by atoms with E-state index in [0.717, 1.165) is 19.3 Å². The van der Waals surface area contributed by atoms with Crippen LogP contribution in [0.2, 0.25) is 0 Å². The first-order valence-electron chi connectivity index (χ1n) is 8.87. The summed E-state index contributed by atoms with van der Waals surface area (Å²) >= 11 is 0. The molecular weight excluding hydrogens is 292 g/mol. The second-order valence-corrected chi connectivity index (χ2v) is 6.75. The molecule has 0 aromatic carbocycles. The molecule has 0 radical (unpaired) electrons. The van der Waals surface area contributed by atoms with Crippen molar-refractivity contribution in [3.63, 3.8) is 0 Å². The highest BCUT2D eigenvalue weighted by atomic mass is 16.3. The Kier molecular flexibility index (Phi) is 10.5. The molecule has 140 valence electrons. The van der Waals surface area contributed by atoms with Crippen molar-refractivity contribution in [2.24, 2.45) is 0 Å². The summed E-state index contributed by atoms with van der Waals surface area (Å²) in [5.74, 6) is 0. The third kappa shape index (κ3) is 5.96. The van der Waals surface area contributed by atoms with E-state index < -0.39 is 12.5 Å². The molecule has 5 unspecified atom stereocenters. The highest BCUT2D eigenvalue weighted by molar-refractivity contribution is 4.83. The van der Waals surface area contributed by atoms with Gasteiger partial charge in [0.15, 0.2) is 0 Å². The standard InChI is InChI=1S/C17H40N4O2/c1-10-15(18(6)7)21(16(11-2)19(8)9)17(12-3)20(13(4)22)14(5)23/h13-17,22-23H,10-12H2,1-9H3. The highest BCUT2D eigenvalue weighted by Gasteiger charge is 2.38. The van der Waals surface area contributed by atoms with Gasteiger partial charge in [-0.25, -0.2) is 4.90 Å². The van der Waals surface area contributed by atoms with Gasteiger partial charge in [0.1, 0.15) is 12.5 Å². The fraction of sp³-hybridized carbons (Fsp3) is 1.00. The molecular formula is C17H40N4O2. The van der Waals surface area contributed by atoms with E-state index in [2.05, 4.69) is 63.7 Å². The van der Waals surface area contributed by atoms with Crippen LogP contribution in [-0.2, 0) is 0 Å². The summed E-state index contributed by atoms with van der Waals surface area (Å²) in [5.41, 5.74) is 0. The summed E-state index contributed by atoms with van der Waals surface area (Å²) in [7, 11) is 8.35. The van der Waals surface area contributed by atoms with E-state index in [1.807, 2.05) is 0 Å². The molecule has 5 atom stereocenters. The maximum Gasteiger partial charge on any atom is 0.107 e. The molecule has 0 rings (SSSR count). The molecule has 23 heavy (non-hydrogen) atoms. The first kappa shape index (κ1) is 22.8. The Labute approximate surface area is 143 Å². The fourth-order valence-electron chi connectivity index (χ4n) is 3.67. The van der Waals surface area contributed by atoms with Crippen LogP contribution in [0.5, 0.6) is 0 Å². The van der Waals surface area contributed by atoms with Crippen LogP contribution in [0.25, 0.3) is 0 Å². The topological polar surface area (TPSA) is 53.4 Å². The molecule has 0 aromatic heterocycles. The van der Waals surface area contributed by atoms with E-state index in [-0.39, 0.29) is 18.5 Å². The summed E-state index contributed by atoms with van der Waals surface area (Å²) < 4.78 is 0. The van der Waals surface area contributed by atoms with Gasteiger partial charge in [-0.15, -0.1) is 0 Å². The zero-order valence-corrected chi connectivity index (χ0v) is 16.7. The molecule has 0 amide bonds. The second kappa shape index (κ2) is 10.6. The molecule has 6 nitrogen and oxygen atoms in total. The van der Waals surface area contributed by atoms with Gasteiger partial charge in [0, 0.05) is 0 Å². The van der Waals surface area contributed by atoms with Crippen molar-refractivity contribution >= 4 is 0 Å². The second-order valence-electron chi connectivity index (χ2n) is 6.75. The SMILES string of the molecule is CCC(N(C)C)N(C(CC)N(C)C)C(CC)N(C(C)O)C(C)O. The van der Waals surface area contributed by atoms with Crippen LogP contribution in [0.15, 0.2) is 0 Å². The summed E-state index contributed by atoms with van der Waals surface area (Å²) in [6, 6.07) is 0. The lowest BCUT2D eigenvalue weighted by molar-refractivity contribution is -0.185. The minimum Gasteiger partial charge on any atom is -0.379 e. The third-order valence-corrected chi connectivity index (χ3v) is 4.53. The molecule has 0 aliphatic heterocycles. The average molecular weight is 333 g/mol. The minimum atomic E-state index is -0.707. The van der Waals surface area contributed by atoms with E-state index in [1.165, 1.54) is 0 Å². The van der Waals surface area contributed by atoms with Gasteiger partial charge in [-0.2, -0.15) is 0 Å². The highest BCUT2D eigenvalue weighted by Crippen LogP contribution is 2.25. The first-order chi connectivity index (χ1) is 10.6. The van der Waals surface area contributed by atoms with E-state index in [4.69, 9.17) is 0 Å². The summed E-state index contributed by atoms with van der Waals surface area (Å²) in [5, 5.41) is 20.5. The van der Waals surface area contributed by atoms with Gasteiger partial charge >= 0.3 is 0 Å². The predicted octanol–water partition coefficient (Wildman–Crippen LogP) is 1.60. The Morgan fingerprint density at radius 1 is 0.609 bits per heavy atom. The van der Waals surface area contributed by atoms with Crippen LogP contribution in [0.4, 0.5) is 0 Å². The Hall–Kier alpha value is -0.240. The van der Waals surface area contributed by atoms with Gasteiger partial charge in [0.25, 0.3) is 0 Å². The van der Waals surface area contributed by atoms with Crippen molar-refractivity contribution in [3.05, 3.63) is 0 Å². The summed E-state index contributed by atoms with van der Waals surface area (Å²) in [6.07, 6.45) is 1.77. The average Bonchev–Trinajstić information content (AvgIpc) is 2.42. The molecule has 6 heteroatoms. The van der Waals surface area contributed by atoms with Gasteiger partial charge in [-0.1, -0.05) is 20.8 Å². The normalized spacial score (nSPS) is 19.4. The number of nitrogens with zero attached hydrogens (tertiary/aromatic N) is 4. The Bertz CT molecular complexity index is 287. The zero-order valence-electron chi connectivity index (χ0n) is 16.7. The van der Waals surface area contributed by atoms with E-state index in [1.54, 1.807) is 18.7 Å². The van der Waals surface area contributed by atoms with Crippen molar-refractivity contribution in [1.29, 1.82) is 0 Å². The molecule has 0 bridgehead atoms. The molecule has 0 spiro atoms. The maximum absolute atomic E-state index is 10.2.